The molecule has 0 aromatic heterocycles. The summed E-state index contributed by atoms with van der Waals surface area (Å²) in [7, 11) is 1.99. The van der Waals surface area contributed by atoms with Crippen molar-refractivity contribution in [3.63, 3.8) is 0 Å². The molecule has 0 saturated heterocycles. The Morgan fingerprint density at radius 2 is 2.30 bits per heavy atom. The Morgan fingerprint density at radius 1 is 1.50 bits per heavy atom. The van der Waals surface area contributed by atoms with E-state index in [1.807, 2.05) is 20.3 Å². The van der Waals surface area contributed by atoms with Gasteiger partial charge in [0.2, 0.25) is 0 Å². The first-order valence-corrected chi connectivity index (χ1v) is 3.41. The van der Waals surface area contributed by atoms with E-state index in [1.54, 1.807) is 6.07 Å². The van der Waals surface area contributed by atoms with Gasteiger partial charge in [-0.15, -0.1) is 0 Å². The van der Waals surface area contributed by atoms with Crippen LogP contribution in [0.15, 0.2) is 24.3 Å². The van der Waals surface area contributed by atoms with Gasteiger partial charge in [-0.3, -0.25) is 0 Å². The maximum absolute atomic E-state index is 12.5. The smallest absolute Gasteiger partial charge is 0.151 e. The number of rotatable bonds is 2. The van der Waals surface area contributed by atoms with Crippen LogP contribution >= 0.6 is 0 Å². The Bertz CT molecular complexity index is 210. The van der Waals surface area contributed by atoms with Crippen molar-refractivity contribution in [1.82, 2.24) is 0 Å². The topological polar surface area (TPSA) is 0 Å². The van der Waals surface area contributed by atoms with E-state index in [-0.39, 0.29) is 5.82 Å². The van der Waals surface area contributed by atoms with Gasteiger partial charge in [0, 0.05) is 0 Å². The Kier molecular flexibility index (Phi) is 2.49. The van der Waals surface area contributed by atoms with Crippen LogP contribution in [-0.4, -0.2) is 7.28 Å². The molecule has 1 aromatic rings. The van der Waals surface area contributed by atoms with Crippen molar-refractivity contribution < 1.29 is 4.39 Å². The average Bonchev–Trinajstić information content (AvgIpc) is 1.88. The van der Waals surface area contributed by atoms with E-state index in [9.17, 15) is 4.39 Å². The van der Waals surface area contributed by atoms with Crippen molar-refractivity contribution in [2.75, 3.05) is 0 Å². The molecule has 0 unspecified atom stereocenters. The lowest BCUT2D eigenvalue weighted by atomic mass is 9.68. The minimum atomic E-state index is -0.165. The van der Waals surface area contributed by atoms with Crippen molar-refractivity contribution in [2.24, 2.45) is 0 Å². The second kappa shape index (κ2) is 3.40. The molecular formula is C8H9BF. The lowest BCUT2D eigenvalue weighted by molar-refractivity contribution is 0.629. The molecule has 1 rings (SSSR count). The fourth-order valence-corrected chi connectivity index (χ4v) is 0.869. The molecule has 0 amide bonds. The SMILES string of the molecule is CC[B]c1cccc(F)c1. The molecule has 0 fully saturated rings. The van der Waals surface area contributed by atoms with Gasteiger partial charge in [0.15, 0.2) is 7.28 Å². The van der Waals surface area contributed by atoms with Gasteiger partial charge in [0.1, 0.15) is 5.82 Å². The van der Waals surface area contributed by atoms with Crippen molar-refractivity contribution >= 4 is 12.7 Å². The van der Waals surface area contributed by atoms with Gasteiger partial charge in [-0.2, -0.15) is 0 Å². The Morgan fingerprint density at radius 3 is 2.90 bits per heavy atom. The molecule has 1 aromatic carbocycles. The van der Waals surface area contributed by atoms with Gasteiger partial charge in [0.05, 0.1) is 0 Å². The molecule has 51 valence electrons. The summed E-state index contributed by atoms with van der Waals surface area (Å²) in [6.07, 6.45) is 0.948. The number of halogens is 1. The Balaban J connectivity index is 2.75. The summed E-state index contributed by atoms with van der Waals surface area (Å²) >= 11 is 0. The standard InChI is InChI=1S/C8H9BF/c1-2-9-7-4-3-5-8(10)6-7/h3-6H,2H2,1H3. The summed E-state index contributed by atoms with van der Waals surface area (Å²) in [5.74, 6) is -0.165. The van der Waals surface area contributed by atoms with Gasteiger partial charge in [-0.05, 0) is 12.1 Å². The highest BCUT2D eigenvalue weighted by atomic mass is 19.1. The largest absolute Gasteiger partial charge is 0.207 e. The number of hydrogen-bond acceptors (Lipinski definition) is 0. The minimum absolute atomic E-state index is 0.165. The summed E-state index contributed by atoms with van der Waals surface area (Å²) in [6.45, 7) is 2.03. The van der Waals surface area contributed by atoms with Crippen LogP contribution < -0.4 is 5.46 Å². The van der Waals surface area contributed by atoms with Crippen LogP contribution in [0.5, 0.6) is 0 Å². The van der Waals surface area contributed by atoms with E-state index in [0.29, 0.717) is 0 Å². The minimum Gasteiger partial charge on any atom is -0.207 e. The van der Waals surface area contributed by atoms with E-state index in [2.05, 4.69) is 0 Å². The maximum Gasteiger partial charge on any atom is 0.151 e. The molecule has 2 heteroatoms. The van der Waals surface area contributed by atoms with Gasteiger partial charge in [-0.1, -0.05) is 30.8 Å². The highest BCUT2D eigenvalue weighted by Gasteiger charge is 1.93. The van der Waals surface area contributed by atoms with Crippen LogP contribution in [0.25, 0.3) is 0 Å². The lowest BCUT2D eigenvalue weighted by Crippen LogP contribution is -2.12. The first-order valence-electron chi connectivity index (χ1n) is 3.41. The van der Waals surface area contributed by atoms with Crippen LogP contribution in [0.4, 0.5) is 4.39 Å². The predicted molar refractivity (Wildman–Crippen MR) is 42.3 cm³/mol. The summed E-state index contributed by atoms with van der Waals surface area (Å²) < 4.78 is 12.5. The van der Waals surface area contributed by atoms with E-state index < -0.39 is 0 Å². The molecule has 0 saturated carbocycles. The maximum atomic E-state index is 12.5. The molecule has 0 N–H and O–H groups in total. The van der Waals surface area contributed by atoms with Crippen molar-refractivity contribution in [3.05, 3.63) is 30.1 Å². The van der Waals surface area contributed by atoms with Gasteiger partial charge in [0.25, 0.3) is 0 Å². The van der Waals surface area contributed by atoms with Crippen LogP contribution in [0.2, 0.25) is 6.32 Å². The quantitative estimate of drug-likeness (QED) is 0.540. The molecule has 10 heavy (non-hydrogen) atoms. The number of benzene rings is 1. The zero-order chi connectivity index (χ0) is 7.40. The second-order valence-electron chi connectivity index (χ2n) is 2.17. The van der Waals surface area contributed by atoms with Crippen LogP contribution in [-0.2, 0) is 0 Å². The van der Waals surface area contributed by atoms with E-state index in [1.165, 1.54) is 12.1 Å². The molecule has 1 radical (unpaired) electrons. The normalized spacial score (nSPS) is 9.40. The number of hydrogen-bond donors (Lipinski definition) is 0. The third-order valence-electron chi connectivity index (χ3n) is 1.29. The molecule has 0 aliphatic rings. The fraction of sp³-hybridized carbons (Fsp3) is 0.250. The first-order chi connectivity index (χ1) is 4.83. The highest BCUT2D eigenvalue weighted by Crippen LogP contribution is 1.92. The average molecular weight is 135 g/mol. The molecule has 0 aliphatic heterocycles. The molecule has 0 bridgehead atoms. The molecular weight excluding hydrogens is 126 g/mol. The monoisotopic (exact) mass is 135 g/mol. The van der Waals surface area contributed by atoms with Crippen LogP contribution in [0.1, 0.15) is 6.92 Å². The van der Waals surface area contributed by atoms with Crippen molar-refractivity contribution in [3.8, 4) is 0 Å². The summed E-state index contributed by atoms with van der Waals surface area (Å²) in [5.41, 5.74) is 0.961. The Labute approximate surface area is 61.3 Å². The van der Waals surface area contributed by atoms with Gasteiger partial charge >= 0.3 is 0 Å². The summed E-state index contributed by atoms with van der Waals surface area (Å²) in [5, 5.41) is 0. The highest BCUT2D eigenvalue weighted by molar-refractivity contribution is 6.53. The summed E-state index contributed by atoms with van der Waals surface area (Å²) in [6, 6.07) is 6.60. The molecule has 0 nitrogen and oxygen atoms in total. The van der Waals surface area contributed by atoms with E-state index >= 15 is 0 Å². The summed E-state index contributed by atoms with van der Waals surface area (Å²) in [4.78, 5) is 0. The van der Waals surface area contributed by atoms with Crippen molar-refractivity contribution in [2.45, 2.75) is 13.2 Å². The molecule has 0 atom stereocenters. The Hall–Kier alpha value is -0.785. The first kappa shape index (κ1) is 7.32. The second-order valence-corrected chi connectivity index (χ2v) is 2.17. The van der Waals surface area contributed by atoms with Crippen molar-refractivity contribution in [1.29, 1.82) is 0 Å². The predicted octanol–water partition coefficient (Wildman–Crippen LogP) is 1.59. The van der Waals surface area contributed by atoms with Crippen LogP contribution in [0.3, 0.4) is 0 Å². The van der Waals surface area contributed by atoms with Crippen LogP contribution in [0, 0.1) is 5.82 Å². The molecule has 0 aliphatic carbocycles. The van der Waals surface area contributed by atoms with Gasteiger partial charge < -0.3 is 0 Å². The fourth-order valence-electron chi connectivity index (χ4n) is 0.869. The van der Waals surface area contributed by atoms with Gasteiger partial charge in [-0.25, -0.2) is 4.39 Å². The molecule has 0 heterocycles. The zero-order valence-electron chi connectivity index (χ0n) is 5.97. The third-order valence-corrected chi connectivity index (χ3v) is 1.29. The van der Waals surface area contributed by atoms with E-state index in [4.69, 9.17) is 0 Å². The zero-order valence-corrected chi connectivity index (χ0v) is 5.97. The third kappa shape index (κ3) is 1.87. The molecule has 0 spiro atoms. The van der Waals surface area contributed by atoms with E-state index in [0.717, 1.165) is 11.8 Å². The lowest BCUT2D eigenvalue weighted by Gasteiger charge is -1.94.